The standard InChI is InChI=1S/C6H10O4/c1-9-6-4(5(7)8)2-3-10-6/h4,6H,2-3H2,1H3,(H,7,8)/t4-,6-/m0/s1. The van der Waals surface area contributed by atoms with Crippen LogP contribution in [0.3, 0.4) is 0 Å². The molecule has 1 saturated heterocycles. The highest BCUT2D eigenvalue weighted by Gasteiger charge is 2.33. The quantitative estimate of drug-likeness (QED) is 0.599. The molecule has 1 fully saturated rings. The number of carboxylic acids is 1. The summed E-state index contributed by atoms with van der Waals surface area (Å²) in [6, 6.07) is 0. The van der Waals surface area contributed by atoms with E-state index < -0.39 is 18.2 Å². The first-order valence-corrected chi connectivity index (χ1v) is 3.13. The molecule has 4 nitrogen and oxygen atoms in total. The molecule has 0 aromatic rings. The largest absolute Gasteiger partial charge is 0.481 e. The topological polar surface area (TPSA) is 55.8 Å². The van der Waals surface area contributed by atoms with Crippen LogP contribution in [0.4, 0.5) is 0 Å². The molecule has 1 aliphatic heterocycles. The summed E-state index contributed by atoms with van der Waals surface area (Å²) in [5, 5.41) is 8.55. The van der Waals surface area contributed by atoms with Crippen molar-refractivity contribution in [2.24, 2.45) is 5.92 Å². The molecule has 4 heteroatoms. The van der Waals surface area contributed by atoms with E-state index in [0.29, 0.717) is 13.0 Å². The molecule has 0 radical (unpaired) electrons. The van der Waals surface area contributed by atoms with Gasteiger partial charge < -0.3 is 14.6 Å². The lowest BCUT2D eigenvalue weighted by atomic mass is 10.1. The number of carboxylic acid groups (broad SMARTS) is 1. The Hall–Kier alpha value is -0.610. The zero-order chi connectivity index (χ0) is 7.56. The second-order valence-electron chi connectivity index (χ2n) is 2.21. The van der Waals surface area contributed by atoms with Gasteiger partial charge in [-0.1, -0.05) is 0 Å². The van der Waals surface area contributed by atoms with E-state index in [-0.39, 0.29) is 0 Å². The van der Waals surface area contributed by atoms with E-state index in [9.17, 15) is 4.79 Å². The van der Waals surface area contributed by atoms with Crippen LogP contribution in [0.1, 0.15) is 6.42 Å². The maximum atomic E-state index is 10.4. The van der Waals surface area contributed by atoms with Crippen LogP contribution in [0.25, 0.3) is 0 Å². The first-order chi connectivity index (χ1) is 4.75. The van der Waals surface area contributed by atoms with Gasteiger partial charge in [0.2, 0.25) is 0 Å². The molecule has 0 spiro atoms. The molecule has 0 saturated carbocycles. The fraction of sp³-hybridized carbons (Fsp3) is 0.833. The molecule has 2 atom stereocenters. The molecular weight excluding hydrogens is 136 g/mol. The van der Waals surface area contributed by atoms with Crippen molar-refractivity contribution in [1.82, 2.24) is 0 Å². The monoisotopic (exact) mass is 146 g/mol. The Kier molecular flexibility index (Phi) is 2.24. The highest BCUT2D eigenvalue weighted by Crippen LogP contribution is 2.20. The van der Waals surface area contributed by atoms with Gasteiger partial charge in [-0.05, 0) is 6.42 Å². The average Bonchev–Trinajstić information content (AvgIpc) is 2.33. The van der Waals surface area contributed by atoms with E-state index in [1.54, 1.807) is 0 Å². The highest BCUT2D eigenvalue weighted by atomic mass is 16.7. The van der Waals surface area contributed by atoms with Gasteiger partial charge in [-0.15, -0.1) is 0 Å². The fourth-order valence-electron chi connectivity index (χ4n) is 1.04. The minimum absolute atomic E-state index is 0.481. The third-order valence-electron chi connectivity index (χ3n) is 1.59. The van der Waals surface area contributed by atoms with Crippen LogP contribution in [0.5, 0.6) is 0 Å². The summed E-state index contributed by atoms with van der Waals surface area (Å²) in [5.41, 5.74) is 0. The summed E-state index contributed by atoms with van der Waals surface area (Å²) in [5.74, 6) is -1.32. The van der Waals surface area contributed by atoms with Gasteiger partial charge in [0.15, 0.2) is 6.29 Å². The maximum Gasteiger partial charge on any atom is 0.311 e. The maximum absolute atomic E-state index is 10.4. The summed E-state index contributed by atoms with van der Waals surface area (Å²) in [6.45, 7) is 0.482. The molecule has 1 heterocycles. The lowest BCUT2D eigenvalue weighted by Gasteiger charge is -2.11. The third kappa shape index (κ3) is 1.27. The van der Waals surface area contributed by atoms with Crippen molar-refractivity contribution < 1.29 is 19.4 Å². The number of aliphatic carboxylic acids is 1. The fourth-order valence-corrected chi connectivity index (χ4v) is 1.04. The van der Waals surface area contributed by atoms with Gasteiger partial charge in [0.25, 0.3) is 0 Å². The van der Waals surface area contributed by atoms with Crippen LogP contribution >= 0.6 is 0 Å². The first-order valence-electron chi connectivity index (χ1n) is 3.13. The van der Waals surface area contributed by atoms with E-state index in [1.807, 2.05) is 0 Å². The van der Waals surface area contributed by atoms with Gasteiger partial charge in [-0.3, -0.25) is 4.79 Å². The zero-order valence-corrected chi connectivity index (χ0v) is 5.74. The molecule has 0 aromatic heterocycles. The van der Waals surface area contributed by atoms with Gasteiger partial charge in [-0.25, -0.2) is 0 Å². The first kappa shape index (κ1) is 7.50. The molecule has 1 rings (SSSR count). The Balaban J connectivity index is 2.50. The van der Waals surface area contributed by atoms with Crippen LogP contribution < -0.4 is 0 Å². The van der Waals surface area contributed by atoms with Gasteiger partial charge in [0, 0.05) is 7.11 Å². The number of hydrogen-bond donors (Lipinski definition) is 1. The molecule has 0 bridgehead atoms. The predicted octanol–water partition coefficient (Wildman–Crippen LogP) is 0.0800. The number of methoxy groups -OCH3 is 1. The highest BCUT2D eigenvalue weighted by molar-refractivity contribution is 5.70. The van der Waals surface area contributed by atoms with Crippen LogP contribution in [0.15, 0.2) is 0 Å². The van der Waals surface area contributed by atoms with Gasteiger partial charge in [0.1, 0.15) is 5.92 Å². The van der Waals surface area contributed by atoms with E-state index in [0.717, 1.165) is 0 Å². The van der Waals surface area contributed by atoms with Crippen LogP contribution in [0, 0.1) is 5.92 Å². The van der Waals surface area contributed by atoms with Crippen molar-refractivity contribution in [2.75, 3.05) is 13.7 Å². The van der Waals surface area contributed by atoms with Crippen LogP contribution in [-0.2, 0) is 14.3 Å². The minimum atomic E-state index is -0.843. The average molecular weight is 146 g/mol. The number of carbonyl (C=O) groups is 1. The second-order valence-corrected chi connectivity index (χ2v) is 2.21. The minimum Gasteiger partial charge on any atom is -0.481 e. The third-order valence-corrected chi connectivity index (χ3v) is 1.59. The van der Waals surface area contributed by atoms with Crippen molar-refractivity contribution in [3.05, 3.63) is 0 Å². The molecule has 0 aromatic carbocycles. The van der Waals surface area contributed by atoms with Crippen LogP contribution in [0.2, 0.25) is 0 Å². The zero-order valence-electron chi connectivity index (χ0n) is 5.74. The summed E-state index contributed by atoms with van der Waals surface area (Å²) >= 11 is 0. The summed E-state index contributed by atoms with van der Waals surface area (Å²) < 4.78 is 9.75. The van der Waals surface area contributed by atoms with Gasteiger partial charge in [-0.2, -0.15) is 0 Å². The lowest BCUT2D eigenvalue weighted by Crippen LogP contribution is -2.25. The molecule has 58 valence electrons. The van der Waals surface area contributed by atoms with E-state index >= 15 is 0 Å². The Morgan fingerprint density at radius 3 is 2.90 bits per heavy atom. The van der Waals surface area contributed by atoms with Crippen LogP contribution in [-0.4, -0.2) is 31.1 Å². The van der Waals surface area contributed by atoms with Crippen molar-refractivity contribution >= 4 is 5.97 Å². The SMILES string of the molecule is CO[C@H]1OCC[C@H]1C(=O)O. The molecule has 0 unspecified atom stereocenters. The predicted molar refractivity (Wildman–Crippen MR) is 32.5 cm³/mol. The Bertz CT molecular complexity index is 134. The molecule has 0 aliphatic carbocycles. The molecule has 10 heavy (non-hydrogen) atoms. The van der Waals surface area contributed by atoms with Gasteiger partial charge >= 0.3 is 5.97 Å². The molecule has 0 amide bonds. The van der Waals surface area contributed by atoms with E-state index in [4.69, 9.17) is 14.6 Å². The molecular formula is C6H10O4. The summed E-state index contributed by atoms with van der Waals surface area (Å²) in [4.78, 5) is 10.4. The summed E-state index contributed by atoms with van der Waals surface area (Å²) in [7, 11) is 1.45. The normalized spacial score (nSPS) is 32.5. The second kappa shape index (κ2) is 2.98. The van der Waals surface area contributed by atoms with E-state index in [2.05, 4.69) is 0 Å². The van der Waals surface area contributed by atoms with Crippen molar-refractivity contribution in [1.29, 1.82) is 0 Å². The number of ether oxygens (including phenoxy) is 2. The Morgan fingerprint density at radius 2 is 2.50 bits per heavy atom. The number of rotatable bonds is 2. The lowest BCUT2D eigenvalue weighted by molar-refractivity contribution is -0.158. The summed E-state index contributed by atoms with van der Waals surface area (Å²) in [6.07, 6.45) is 0.00546. The Morgan fingerprint density at radius 1 is 1.80 bits per heavy atom. The van der Waals surface area contributed by atoms with Crippen molar-refractivity contribution in [2.45, 2.75) is 12.7 Å². The van der Waals surface area contributed by atoms with Crippen molar-refractivity contribution in [3.8, 4) is 0 Å². The number of hydrogen-bond acceptors (Lipinski definition) is 3. The van der Waals surface area contributed by atoms with E-state index in [1.165, 1.54) is 7.11 Å². The smallest absolute Gasteiger partial charge is 0.311 e. The molecule has 1 N–H and O–H groups in total. The molecule has 1 aliphatic rings. The Labute approximate surface area is 58.7 Å². The van der Waals surface area contributed by atoms with Gasteiger partial charge in [0.05, 0.1) is 6.61 Å². The van der Waals surface area contributed by atoms with Crippen molar-refractivity contribution in [3.63, 3.8) is 0 Å².